The van der Waals surface area contributed by atoms with Crippen molar-refractivity contribution in [3.8, 4) is 11.1 Å². The molecule has 0 aliphatic carbocycles. The van der Waals surface area contributed by atoms with Crippen molar-refractivity contribution in [2.75, 3.05) is 0 Å². The van der Waals surface area contributed by atoms with Crippen LogP contribution in [0.4, 0.5) is 0 Å². The summed E-state index contributed by atoms with van der Waals surface area (Å²) in [6, 6.07) is 14.9. The van der Waals surface area contributed by atoms with E-state index in [1.807, 2.05) is 6.20 Å². The van der Waals surface area contributed by atoms with Crippen LogP contribution < -0.4 is 0 Å². The SMILES string of the molecule is Cc1ccc(-c2ccc3[nH]ncc3c2)cc1. The molecular formula is C14H12N2. The number of aryl methyl sites for hydroxylation is 1. The van der Waals surface area contributed by atoms with E-state index >= 15 is 0 Å². The maximum Gasteiger partial charge on any atom is 0.0650 e. The van der Waals surface area contributed by atoms with Crippen LogP contribution in [0.3, 0.4) is 0 Å². The predicted octanol–water partition coefficient (Wildman–Crippen LogP) is 3.54. The van der Waals surface area contributed by atoms with Gasteiger partial charge in [0.15, 0.2) is 0 Å². The van der Waals surface area contributed by atoms with Crippen molar-refractivity contribution in [1.29, 1.82) is 0 Å². The Hall–Kier alpha value is -2.09. The van der Waals surface area contributed by atoms with Gasteiger partial charge in [-0.1, -0.05) is 35.9 Å². The summed E-state index contributed by atoms with van der Waals surface area (Å²) in [5, 5.41) is 8.13. The van der Waals surface area contributed by atoms with Crippen LogP contribution in [0.2, 0.25) is 0 Å². The summed E-state index contributed by atoms with van der Waals surface area (Å²) < 4.78 is 0. The third-order valence-corrected chi connectivity index (χ3v) is 2.83. The summed E-state index contributed by atoms with van der Waals surface area (Å²) in [4.78, 5) is 0. The van der Waals surface area contributed by atoms with Crippen molar-refractivity contribution >= 4 is 10.9 Å². The Bertz CT molecular complexity index is 621. The zero-order valence-electron chi connectivity index (χ0n) is 9.07. The highest BCUT2D eigenvalue weighted by molar-refractivity contribution is 5.83. The van der Waals surface area contributed by atoms with Crippen molar-refractivity contribution < 1.29 is 0 Å². The lowest BCUT2D eigenvalue weighted by atomic mass is 10.0. The molecule has 0 bridgehead atoms. The van der Waals surface area contributed by atoms with Gasteiger partial charge >= 0.3 is 0 Å². The fourth-order valence-corrected chi connectivity index (χ4v) is 1.87. The number of H-pyrrole nitrogens is 1. The Morgan fingerprint density at radius 3 is 2.50 bits per heavy atom. The highest BCUT2D eigenvalue weighted by Gasteiger charge is 2.00. The summed E-state index contributed by atoms with van der Waals surface area (Å²) in [5.41, 5.74) is 4.84. The van der Waals surface area contributed by atoms with Crippen molar-refractivity contribution in [2.24, 2.45) is 0 Å². The highest BCUT2D eigenvalue weighted by Crippen LogP contribution is 2.23. The van der Waals surface area contributed by atoms with E-state index in [2.05, 4.69) is 59.6 Å². The number of hydrogen-bond donors (Lipinski definition) is 1. The minimum Gasteiger partial charge on any atom is -0.278 e. The molecule has 0 saturated heterocycles. The largest absolute Gasteiger partial charge is 0.278 e. The number of benzene rings is 2. The van der Waals surface area contributed by atoms with E-state index in [1.54, 1.807) is 0 Å². The van der Waals surface area contributed by atoms with Crippen molar-refractivity contribution in [1.82, 2.24) is 10.2 Å². The van der Waals surface area contributed by atoms with Gasteiger partial charge in [-0.25, -0.2) is 0 Å². The van der Waals surface area contributed by atoms with Crippen molar-refractivity contribution in [3.63, 3.8) is 0 Å². The van der Waals surface area contributed by atoms with E-state index in [1.165, 1.54) is 16.7 Å². The standard InChI is InChI=1S/C14H12N2/c1-10-2-4-11(5-3-10)12-6-7-14-13(8-12)9-15-16-14/h2-9H,1H3,(H,15,16). The van der Waals surface area contributed by atoms with Crippen LogP contribution >= 0.6 is 0 Å². The number of nitrogens with one attached hydrogen (secondary N) is 1. The van der Waals surface area contributed by atoms with Crippen LogP contribution in [0.1, 0.15) is 5.56 Å². The van der Waals surface area contributed by atoms with Crippen LogP contribution in [0.5, 0.6) is 0 Å². The van der Waals surface area contributed by atoms with Gasteiger partial charge in [0.2, 0.25) is 0 Å². The minimum absolute atomic E-state index is 1.08. The molecule has 78 valence electrons. The molecule has 0 spiro atoms. The molecule has 1 heterocycles. The zero-order valence-corrected chi connectivity index (χ0v) is 9.07. The van der Waals surface area contributed by atoms with Gasteiger partial charge in [-0.3, -0.25) is 5.10 Å². The van der Waals surface area contributed by atoms with Gasteiger partial charge in [0, 0.05) is 5.39 Å². The highest BCUT2D eigenvalue weighted by atomic mass is 15.1. The number of aromatic nitrogens is 2. The van der Waals surface area contributed by atoms with Gasteiger partial charge in [-0.15, -0.1) is 0 Å². The Balaban J connectivity index is 2.14. The van der Waals surface area contributed by atoms with Crippen LogP contribution in [-0.2, 0) is 0 Å². The molecule has 1 N–H and O–H groups in total. The summed E-state index contributed by atoms with van der Waals surface area (Å²) in [6.45, 7) is 2.10. The molecule has 3 rings (SSSR count). The first-order valence-corrected chi connectivity index (χ1v) is 5.33. The van der Waals surface area contributed by atoms with Crippen molar-refractivity contribution in [3.05, 3.63) is 54.2 Å². The topological polar surface area (TPSA) is 28.7 Å². The Morgan fingerprint density at radius 1 is 0.938 bits per heavy atom. The van der Waals surface area contributed by atoms with E-state index in [-0.39, 0.29) is 0 Å². The van der Waals surface area contributed by atoms with Crippen LogP contribution in [0.15, 0.2) is 48.7 Å². The van der Waals surface area contributed by atoms with Crippen molar-refractivity contribution in [2.45, 2.75) is 6.92 Å². The maximum atomic E-state index is 4.03. The first-order valence-electron chi connectivity index (χ1n) is 5.33. The third-order valence-electron chi connectivity index (χ3n) is 2.83. The molecule has 0 aliphatic rings. The van der Waals surface area contributed by atoms with Crippen LogP contribution in [0, 0.1) is 6.92 Å². The molecule has 0 amide bonds. The number of nitrogens with zero attached hydrogens (tertiary/aromatic N) is 1. The quantitative estimate of drug-likeness (QED) is 0.651. The molecule has 0 aliphatic heterocycles. The summed E-state index contributed by atoms with van der Waals surface area (Å²) in [5.74, 6) is 0. The molecule has 16 heavy (non-hydrogen) atoms. The normalized spacial score (nSPS) is 10.8. The Kier molecular flexibility index (Phi) is 2.00. The van der Waals surface area contributed by atoms with Gasteiger partial charge in [-0.05, 0) is 30.2 Å². The maximum absolute atomic E-state index is 4.03. The average Bonchev–Trinajstić information content (AvgIpc) is 2.77. The second-order valence-electron chi connectivity index (χ2n) is 4.04. The molecule has 2 heteroatoms. The molecule has 0 unspecified atom stereocenters. The van der Waals surface area contributed by atoms with Gasteiger partial charge in [0.1, 0.15) is 0 Å². The van der Waals surface area contributed by atoms with Crippen LogP contribution in [0.25, 0.3) is 22.0 Å². The van der Waals surface area contributed by atoms with E-state index in [9.17, 15) is 0 Å². The number of rotatable bonds is 1. The number of fused-ring (bicyclic) bond motifs is 1. The molecule has 2 nitrogen and oxygen atoms in total. The number of hydrogen-bond acceptors (Lipinski definition) is 1. The second-order valence-corrected chi connectivity index (χ2v) is 4.04. The molecule has 0 fully saturated rings. The lowest BCUT2D eigenvalue weighted by Crippen LogP contribution is -1.78. The molecule has 0 atom stereocenters. The van der Waals surface area contributed by atoms with E-state index in [4.69, 9.17) is 0 Å². The second kappa shape index (κ2) is 3.49. The number of aromatic amines is 1. The smallest absolute Gasteiger partial charge is 0.0650 e. The minimum atomic E-state index is 1.08. The lowest BCUT2D eigenvalue weighted by molar-refractivity contribution is 1.12. The first kappa shape index (κ1) is 9.16. The Morgan fingerprint density at radius 2 is 1.69 bits per heavy atom. The third kappa shape index (κ3) is 1.48. The molecule has 2 aromatic carbocycles. The summed E-state index contributed by atoms with van der Waals surface area (Å²) >= 11 is 0. The Labute approximate surface area is 93.9 Å². The fraction of sp³-hybridized carbons (Fsp3) is 0.0714. The average molecular weight is 208 g/mol. The molecule has 0 radical (unpaired) electrons. The molecular weight excluding hydrogens is 196 g/mol. The van der Waals surface area contributed by atoms with Gasteiger partial charge in [-0.2, -0.15) is 5.10 Å². The van der Waals surface area contributed by atoms with Gasteiger partial charge < -0.3 is 0 Å². The molecule has 0 saturated carbocycles. The van der Waals surface area contributed by atoms with E-state index in [0.29, 0.717) is 0 Å². The van der Waals surface area contributed by atoms with E-state index < -0.39 is 0 Å². The summed E-state index contributed by atoms with van der Waals surface area (Å²) in [6.07, 6.45) is 1.85. The van der Waals surface area contributed by atoms with Gasteiger partial charge in [0.25, 0.3) is 0 Å². The molecule has 1 aromatic heterocycles. The summed E-state index contributed by atoms with van der Waals surface area (Å²) in [7, 11) is 0. The van der Waals surface area contributed by atoms with Gasteiger partial charge in [0.05, 0.1) is 11.7 Å². The fourth-order valence-electron chi connectivity index (χ4n) is 1.87. The lowest BCUT2D eigenvalue weighted by Gasteiger charge is -2.02. The van der Waals surface area contributed by atoms with Crippen LogP contribution in [-0.4, -0.2) is 10.2 Å². The van der Waals surface area contributed by atoms with E-state index in [0.717, 1.165) is 10.9 Å². The zero-order chi connectivity index (χ0) is 11.0. The predicted molar refractivity (Wildman–Crippen MR) is 66.3 cm³/mol. The first-order chi connectivity index (χ1) is 7.83. The molecule has 3 aromatic rings. The monoisotopic (exact) mass is 208 g/mol.